The van der Waals surface area contributed by atoms with E-state index in [0.29, 0.717) is 35.4 Å². The fraction of sp³-hybridized carbons (Fsp3) is 0.400. The SMILES string of the molecule is CCOC(=O)c1ccc(NC(=O)c2cc(NCCC(C)C)nc(C)n2)cc1. The van der Waals surface area contributed by atoms with E-state index in [0.717, 1.165) is 13.0 Å². The normalized spacial score (nSPS) is 10.6. The molecule has 0 saturated heterocycles. The molecule has 0 radical (unpaired) electrons. The van der Waals surface area contributed by atoms with Crippen molar-refractivity contribution in [3.63, 3.8) is 0 Å². The minimum Gasteiger partial charge on any atom is -0.462 e. The average Bonchev–Trinajstić information content (AvgIpc) is 2.61. The molecule has 1 aromatic heterocycles. The average molecular weight is 370 g/mol. The van der Waals surface area contributed by atoms with E-state index in [9.17, 15) is 9.59 Å². The van der Waals surface area contributed by atoms with Crippen LogP contribution in [0.4, 0.5) is 11.5 Å². The summed E-state index contributed by atoms with van der Waals surface area (Å²) < 4.78 is 4.94. The van der Waals surface area contributed by atoms with Gasteiger partial charge in [0, 0.05) is 18.3 Å². The molecule has 0 unspecified atom stereocenters. The molecule has 27 heavy (non-hydrogen) atoms. The molecule has 7 heteroatoms. The van der Waals surface area contributed by atoms with Crippen LogP contribution in [-0.2, 0) is 4.74 Å². The van der Waals surface area contributed by atoms with Gasteiger partial charge in [0.15, 0.2) is 0 Å². The van der Waals surface area contributed by atoms with Crippen molar-refractivity contribution in [1.29, 1.82) is 0 Å². The van der Waals surface area contributed by atoms with E-state index in [-0.39, 0.29) is 17.6 Å². The smallest absolute Gasteiger partial charge is 0.338 e. The first-order valence-corrected chi connectivity index (χ1v) is 9.07. The Hall–Kier alpha value is -2.96. The molecule has 2 N–H and O–H groups in total. The summed E-state index contributed by atoms with van der Waals surface area (Å²) in [6.07, 6.45) is 1.01. The molecule has 2 rings (SSSR count). The standard InChI is InChI=1S/C20H26N4O3/c1-5-27-20(26)15-6-8-16(9-7-15)24-19(25)17-12-18(23-14(4)22-17)21-11-10-13(2)3/h6-9,12-13H,5,10-11H2,1-4H3,(H,24,25)(H,21,22,23). The molecule has 0 aliphatic carbocycles. The lowest BCUT2D eigenvalue weighted by molar-refractivity contribution is 0.0526. The maximum Gasteiger partial charge on any atom is 0.338 e. The van der Waals surface area contributed by atoms with Gasteiger partial charge in [-0.3, -0.25) is 4.79 Å². The predicted octanol–water partition coefficient (Wildman–Crippen LogP) is 3.67. The monoisotopic (exact) mass is 370 g/mol. The second-order valence-corrected chi connectivity index (χ2v) is 6.55. The molecule has 0 atom stereocenters. The van der Waals surface area contributed by atoms with E-state index in [1.54, 1.807) is 44.2 Å². The van der Waals surface area contributed by atoms with E-state index >= 15 is 0 Å². The maximum atomic E-state index is 12.5. The number of aromatic nitrogens is 2. The molecule has 1 heterocycles. The zero-order chi connectivity index (χ0) is 19.8. The number of carbonyl (C=O) groups is 2. The van der Waals surface area contributed by atoms with Crippen LogP contribution in [0.1, 0.15) is 53.9 Å². The summed E-state index contributed by atoms with van der Waals surface area (Å²) in [7, 11) is 0. The van der Waals surface area contributed by atoms with Gasteiger partial charge in [-0.2, -0.15) is 0 Å². The van der Waals surface area contributed by atoms with Crippen LogP contribution < -0.4 is 10.6 Å². The zero-order valence-electron chi connectivity index (χ0n) is 16.2. The van der Waals surface area contributed by atoms with Gasteiger partial charge in [0.25, 0.3) is 5.91 Å². The Morgan fingerprint density at radius 3 is 2.48 bits per heavy atom. The van der Waals surface area contributed by atoms with Crippen LogP contribution in [0, 0.1) is 12.8 Å². The summed E-state index contributed by atoms with van der Waals surface area (Å²) in [5.41, 5.74) is 1.28. The number of aryl methyl sites for hydroxylation is 1. The number of nitrogens with zero attached hydrogens (tertiary/aromatic N) is 2. The van der Waals surface area contributed by atoms with Crippen LogP contribution in [0.2, 0.25) is 0 Å². The Morgan fingerprint density at radius 2 is 1.85 bits per heavy atom. The van der Waals surface area contributed by atoms with Gasteiger partial charge in [-0.15, -0.1) is 0 Å². The Balaban J connectivity index is 2.04. The third kappa shape index (κ3) is 6.36. The molecule has 1 amide bonds. The van der Waals surface area contributed by atoms with Gasteiger partial charge in [-0.25, -0.2) is 14.8 Å². The first-order chi connectivity index (χ1) is 12.9. The van der Waals surface area contributed by atoms with Gasteiger partial charge in [0.2, 0.25) is 0 Å². The van der Waals surface area contributed by atoms with E-state index in [1.807, 2.05) is 0 Å². The number of esters is 1. The minimum absolute atomic E-state index is 0.281. The lowest BCUT2D eigenvalue weighted by Crippen LogP contribution is -2.16. The van der Waals surface area contributed by atoms with Gasteiger partial charge in [-0.1, -0.05) is 13.8 Å². The first-order valence-electron chi connectivity index (χ1n) is 9.07. The highest BCUT2D eigenvalue weighted by Crippen LogP contribution is 2.14. The van der Waals surface area contributed by atoms with Crippen LogP contribution >= 0.6 is 0 Å². The number of nitrogens with one attached hydrogen (secondary N) is 2. The summed E-state index contributed by atoms with van der Waals surface area (Å²) in [4.78, 5) is 32.7. The van der Waals surface area contributed by atoms with Crippen molar-refractivity contribution in [1.82, 2.24) is 9.97 Å². The van der Waals surface area contributed by atoms with Crippen molar-refractivity contribution in [3.8, 4) is 0 Å². The summed E-state index contributed by atoms with van der Waals surface area (Å²) >= 11 is 0. The summed E-state index contributed by atoms with van der Waals surface area (Å²) in [6.45, 7) is 8.90. The maximum absolute atomic E-state index is 12.5. The Kier molecular flexibility index (Phi) is 7.28. The molecule has 0 saturated carbocycles. The quantitative estimate of drug-likeness (QED) is 0.689. The van der Waals surface area contributed by atoms with Gasteiger partial charge in [0.05, 0.1) is 12.2 Å². The van der Waals surface area contributed by atoms with Crippen molar-refractivity contribution in [2.45, 2.75) is 34.1 Å². The summed E-state index contributed by atoms with van der Waals surface area (Å²) in [5.74, 6) is 1.01. The number of rotatable bonds is 8. The largest absolute Gasteiger partial charge is 0.462 e. The minimum atomic E-state index is -0.390. The second-order valence-electron chi connectivity index (χ2n) is 6.55. The van der Waals surface area contributed by atoms with Crippen molar-refractivity contribution in [3.05, 3.63) is 47.4 Å². The molecule has 144 valence electrons. The van der Waals surface area contributed by atoms with E-state index in [2.05, 4.69) is 34.4 Å². The summed E-state index contributed by atoms with van der Waals surface area (Å²) in [6, 6.07) is 8.16. The second kappa shape index (κ2) is 9.66. The van der Waals surface area contributed by atoms with Crippen LogP contribution in [-0.4, -0.2) is 35.0 Å². The van der Waals surface area contributed by atoms with Crippen molar-refractivity contribution >= 4 is 23.4 Å². The molecule has 1 aromatic carbocycles. The molecule has 0 aliphatic rings. The van der Waals surface area contributed by atoms with E-state index in [4.69, 9.17) is 4.74 Å². The van der Waals surface area contributed by atoms with Gasteiger partial charge in [-0.05, 0) is 50.5 Å². The van der Waals surface area contributed by atoms with Crippen LogP contribution in [0.25, 0.3) is 0 Å². The zero-order valence-corrected chi connectivity index (χ0v) is 16.2. The van der Waals surface area contributed by atoms with Gasteiger partial charge < -0.3 is 15.4 Å². The van der Waals surface area contributed by atoms with E-state index < -0.39 is 0 Å². The number of ether oxygens (including phenoxy) is 1. The van der Waals surface area contributed by atoms with Crippen LogP contribution in [0.3, 0.4) is 0 Å². The van der Waals surface area contributed by atoms with Crippen LogP contribution in [0.15, 0.2) is 30.3 Å². The van der Waals surface area contributed by atoms with Gasteiger partial charge >= 0.3 is 5.97 Å². The molecular formula is C20H26N4O3. The molecule has 0 bridgehead atoms. The highest BCUT2D eigenvalue weighted by Gasteiger charge is 2.12. The third-order valence-electron chi connectivity index (χ3n) is 3.75. The first kappa shape index (κ1) is 20.4. The molecule has 0 fully saturated rings. The molecule has 2 aromatic rings. The molecule has 7 nitrogen and oxygen atoms in total. The molecule has 0 aliphatic heterocycles. The fourth-order valence-electron chi connectivity index (χ4n) is 2.36. The topological polar surface area (TPSA) is 93.2 Å². The van der Waals surface area contributed by atoms with E-state index in [1.165, 1.54) is 0 Å². The lowest BCUT2D eigenvalue weighted by Gasteiger charge is -2.10. The predicted molar refractivity (Wildman–Crippen MR) is 105 cm³/mol. The Morgan fingerprint density at radius 1 is 1.15 bits per heavy atom. The highest BCUT2D eigenvalue weighted by atomic mass is 16.5. The molecular weight excluding hydrogens is 344 g/mol. The number of carbonyl (C=O) groups excluding carboxylic acids is 2. The van der Waals surface area contributed by atoms with Crippen molar-refractivity contribution < 1.29 is 14.3 Å². The lowest BCUT2D eigenvalue weighted by atomic mass is 10.1. The highest BCUT2D eigenvalue weighted by molar-refractivity contribution is 6.03. The van der Waals surface area contributed by atoms with Crippen molar-refractivity contribution in [2.75, 3.05) is 23.8 Å². The number of anilines is 2. The van der Waals surface area contributed by atoms with Crippen LogP contribution in [0.5, 0.6) is 0 Å². The number of amides is 1. The third-order valence-corrected chi connectivity index (χ3v) is 3.75. The summed E-state index contributed by atoms with van der Waals surface area (Å²) in [5, 5.41) is 6.00. The molecule has 0 spiro atoms. The van der Waals surface area contributed by atoms with Crippen molar-refractivity contribution in [2.24, 2.45) is 5.92 Å². The number of hydrogen-bond donors (Lipinski definition) is 2. The Labute approximate surface area is 159 Å². The number of benzene rings is 1. The fourth-order valence-corrected chi connectivity index (χ4v) is 2.36. The number of hydrogen-bond acceptors (Lipinski definition) is 6. The Bertz CT molecular complexity index is 788. The van der Waals surface area contributed by atoms with Gasteiger partial charge in [0.1, 0.15) is 17.3 Å².